The highest BCUT2D eigenvalue weighted by molar-refractivity contribution is 5.87. The van der Waals surface area contributed by atoms with Crippen LogP contribution in [0.2, 0.25) is 0 Å². The SMILES string of the molecule is C=C(/C=C(\N=C(\N)NOC)N1CCCCC1)NC(=O)OCC1CCC2C(C(=O)O)=COC(O)C12. The van der Waals surface area contributed by atoms with Crippen molar-refractivity contribution < 1.29 is 34.1 Å². The number of nitrogens with zero attached hydrogens (tertiary/aromatic N) is 2. The maximum atomic E-state index is 12.4. The first-order valence-electron chi connectivity index (χ1n) is 11.3. The number of carboxylic acid groups (broad SMARTS) is 1. The first kappa shape index (κ1) is 25.4. The molecule has 0 radical (unpaired) electrons. The highest BCUT2D eigenvalue weighted by atomic mass is 16.6. The summed E-state index contributed by atoms with van der Waals surface area (Å²) in [6.07, 6.45) is 5.21. The number of guanidine groups is 1. The van der Waals surface area contributed by atoms with Gasteiger partial charge in [0, 0.05) is 42.6 Å². The van der Waals surface area contributed by atoms with Crippen molar-refractivity contribution in [3.05, 3.63) is 36.0 Å². The van der Waals surface area contributed by atoms with Crippen LogP contribution in [0.4, 0.5) is 4.79 Å². The van der Waals surface area contributed by atoms with Crippen molar-refractivity contribution in [3.8, 4) is 0 Å². The van der Waals surface area contributed by atoms with Gasteiger partial charge in [-0.2, -0.15) is 4.99 Å². The number of nitrogens with one attached hydrogen (secondary N) is 2. The first-order valence-corrected chi connectivity index (χ1v) is 11.3. The van der Waals surface area contributed by atoms with E-state index in [4.69, 9.17) is 20.0 Å². The third-order valence-corrected chi connectivity index (χ3v) is 6.28. The number of aliphatic hydroxyl groups excluding tert-OH is 1. The van der Waals surface area contributed by atoms with Crippen molar-refractivity contribution in [1.29, 1.82) is 0 Å². The fourth-order valence-corrected chi connectivity index (χ4v) is 4.74. The minimum absolute atomic E-state index is 0.0131. The van der Waals surface area contributed by atoms with Gasteiger partial charge in [-0.25, -0.2) is 15.1 Å². The predicted octanol–water partition coefficient (Wildman–Crippen LogP) is 0.979. The second-order valence-electron chi connectivity index (χ2n) is 8.53. The lowest BCUT2D eigenvalue weighted by molar-refractivity contribution is -0.143. The first-order chi connectivity index (χ1) is 16.3. The highest BCUT2D eigenvalue weighted by Crippen LogP contribution is 2.46. The van der Waals surface area contributed by atoms with Crippen LogP contribution in [-0.2, 0) is 19.1 Å². The maximum absolute atomic E-state index is 12.4. The van der Waals surface area contributed by atoms with Gasteiger partial charge < -0.3 is 30.3 Å². The Kier molecular flexibility index (Phi) is 8.77. The number of alkyl carbamates (subject to hydrolysis) is 1. The number of aliphatic imine (C=N–C) groups is 1. The topological polar surface area (TPSA) is 168 Å². The molecule has 4 atom stereocenters. The van der Waals surface area contributed by atoms with Crippen LogP contribution in [0.5, 0.6) is 0 Å². The summed E-state index contributed by atoms with van der Waals surface area (Å²) < 4.78 is 10.5. The van der Waals surface area contributed by atoms with E-state index < -0.39 is 24.3 Å². The van der Waals surface area contributed by atoms with Gasteiger partial charge in [0.25, 0.3) is 0 Å². The van der Waals surface area contributed by atoms with Crippen molar-refractivity contribution in [2.45, 2.75) is 38.4 Å². The molecule has 1 amide bonds. The molecular weight excluding hydrogens is 446 g/mol. The average Bonchev–Trinajstić information content (AvgIpc) is 3.23. The zero-order valence-corrected chi connectivity index (χ0v) is 19.2. The van der Waals surface area contributed by atoms with E-state index in [0.717, 1.165) is 38.6 Å². The molecule has 188 valence electrons. The van der Waals surface area contributed by atoms with Crippen molar-refractivity contribution in [2.75, 3.05) is 26.8 Å². The molecule has 1 saturated heterocycles. The molecule has 34 heavy (non-hydrogen) atoms. The lowest BCUT2D eigenvalue weighted by atomic mass is 9.83. The summed E-state index contributed by atoms with van der Waals surface area (Å²) in [5.74, 6) is -1.51. The number of rotatable bonds is 8. The maximum Gasteiger partial charge on any atom is 0.411 e. The number of nitrogens with two attached hydrogens (primary N) is 1. The van der Waals surface area contributed by atoms with Crippen LogP contribution in [-0.4, -0.2) is 66.2 Å². The van der Waals surface area contributed by atoms with Gasteiger partial charge in [-0.15, -0.1) is 0 Å². The van der Waals surface area contributed by atoms with Gasteiger partial charge >= 0.3 is 12.1 Å². The molecule has 4 unspecified atom stereocenters. The zero-order valence-electron chi connectivity index (χ0n) is 19.2. The molecule has 2 fully saturated rings. The summed E-state index contributed by atoms with van der Waals surface area (Å²) in [6.45, 7) is 5.47. The van der Waals surface area contributed by atoms with Crippen molar-refractivity contribution in [2.24, 2.45) is 28.5 Å². The number of carboxylic acids is 1. The van der Waals surface area contributed by atoms with E-state index in [-0.39, 0.29) is 35.7 Å². The van der Waals surface area contributed by atoms with Crippen molar-refractivity contribution >= 4 is 18.0 Å². The zero-order chi connectivity index (χ0) is 24.7. The van der Waals surface area contributed by atoms with Crippen molar-refractivity contribution in [1.82, 2.24) is 15.7 Å². The number of amides is 1. The summed E-state index contributed by atoms with van der Waals surface area (Å²) >= 11 is 0. The second kappa shape index (κ2) is 11.7. The van der Waals surface area contributed by atoms with Crippen LogP contribution < -0.4 is 16.5 Å². The van der Waals surface area contributed by atoms with E-state index in [9.17, 15) is 19.8 Å². The summed E-state index contributed by atoms with van der Waals surface area (Å²) in [5, 5.41) is 22.1. The Labute approximate surface area is 198 Å². The molecule has 3 aliphatic rings. The smallest absolute Gasteiger partial charge is 0.411 e. The third kappa shape index (κ3) is 6.41. The minimum atomic E-state index is -1.14. The normalized spacial score (nSPS) is 27.2. The van der Waals surface area contributed by atoms with E-state index in [0.29, 0.717) is 18.7 Å². The van der Waals surface area contributed by atoms with E-state index in [2.05, 4.69) is 22.4 Å². The van der Waals surface area contributed by atoms with Crippen LogP contribution in [0.15, 0.2) is 41.0 Å². The van der Waals surface area contributed by atoms with Crippen LogP contribution in [0, 0.1) is 17.8 Å². The monoisotopic (exact) mass is 479 g/mol. The average molecular weight is 480 g/mol. The molecule has 0 aromatic rings. The number of piperidine rings is 1. The number of carbonyl (C=O) groups is 2. The standard InChI is InChI=1S/C22H33N5O7/c1-13(10-17(25-21(23)26-32-2)27-8-4-3-5-9-27)24-22(31)34-11-14-6-7-15-16(19(28)29)12-33-20(30)18(14)15/h10,12,14-15,18,20,30H,1,3-9,11H2,2H3,(H,24,31)(H,28,29)(H3,23,25,26)/b17-10+. The lowest BCUT2D eigenvalue weighted by Crippen LogP contribution is -2.38. The van der Waals surface area contributed by atoms with E-state index >= 15 is 0 Å². The molecule has 0 aromatic heterocycles. The molecular formula is C22H33N5O7. The van der Waals surface area contributed by atoms with Crippen LogP contribution >= 0.6 is 0 Å². The number of fused-ring (bicyclic) bond motifs is 1. The number of aliphatic carboxylic acids is 1. The summed E-state index contributed by atoms with van der Waals surface area (Å²) in [6, 6.07) is 0. The lowest BCUT2D eigenvalue weighted by Gasteiger charge is -2.32. The number of hydroxylamine groups is 1. The minimum Gasteiger partial charge on any atom is -0.478 e. The number of aliphatic hydroxyl groups is 1. The van der Waals surface area contributed by atoms with Gasteiger partial charge in [-0.3, -0.25) is 10.2 Å². The molecule has 6 N–H and O–H groups in total. The van der Waals surface area contributed by atoms with Gasteiger partial charge in [0.15, 0.2) is 6.29 Å². The van der Waals surface area contributed by atoms with Crippen LogP contribution in [0.1, 0.15) is 32.1 Å². The molecule has 0 spiro atoms. The number of ether oxygens (including phenoxy) is 2. The Bertz CT molecular complexity index is 866. The fourth-order valence-electron chi connectivity index (χ4n) is 4.74. The number of hydrogen-bond acceptors (Lipinski definition) is 8. The van der Waals surface area contributed by atoms with E-state index in [1.54, 1.807) is 6.08 Å². The van der Waals surface area contributed by atoms with Gasteiger partial charge in [0.2, 0.25) is 5.96 Å². The van der Waals surface area contributed by atoms with E-state index in [1.807, 2.05) is 4.90 Å². The quantitative estimate of drug-likeness (QED) is 0.146. The van der Waals surface area contributed by atoms with Gasteiger partial charge in [0.05, 0.1) is 25.6 Å². The molecule has 0 bridgehead atoms. The number of likely N-dealkylation sites (tertiary alicyclic amines) is 1. The number of carbonyl (C=O) groups excluding carboxylic acids is 1. The van der Waals surface area contributed by atoms with Crippen LogP contribution in [0.3, 0.4) is 0 Å². The molecule has 12 heteroatoms. The Morgan fingerprint density at radius 1 is 1.35 bits per heavy atom. The van der Waals surface area contributed by atoms with Crippen LogP contribution in [0.25, 0.3) is 0 Å². The summed E-state index contributed by atoms with van der Waals surface area (Å²) in [5.41, 5.74) is 8.67. The van der Waals surface area contributed by atoms with Gasteiger partial charge in [-0.1, -0.05) is 6.58 Å². The number of allylic oxidation sites excluding steroid dienone is 1. The largest absolute Gasteiger partial charge is 0.478 e. The Balaban J connectivity index is 1.57. The molecule has 12 nitrogen and oxygen atoms in total. The van der Waals surface area contributed by atoms with E-state index in [1.165, 1.54) is 7.11 Å². The molecule has 2 heterocycles. The Morgan fingerprint density at radius 3 is 2.76 bits per heavy atom. The van der Waals surface area contributed by atoms with Crippen molar-refractivity contribution in [3.63, 3.8) is 0 Å². The predicted molar refractivity (Wildman–Crippen MR) is 121 cm³/mol. The fraction of sp³-hybridized carbons (Fsp3) is 0.591. The second-order valence-corrected chi connectivity index (χ2v) is 8.53. The Hall–Kier alpha value is -3.25. The van der Waals surface area contributed by atoms with Gasteiger partial charge in [-0.05, 0) is 32.1 Å². The molecule has 2 aliphatic heterocycles. The van der Waals surface area contributed by atoms with Gasteiger partial charge in [0.1, 0.15) is 5.82 Å². The molecule has 3 rings (SSSR count). The summed E-state index contributed by atoms with van der Waals surface area (Å²) in [7, 11) is 1.42. The Morgan fingerprint density at radius 2 is 2.09 bits per heavy atom. The summed E-state index contributed by atoms with van der Waals surface area (Å²) in [4.78, 5) is 35.0. The molecule has 0 aromatic carbocycles. The third-order valence-electron chi connectivity index (χ3n) is 6.28. The number of hydrogen-bond donors (Lipinski definition) is 5. The highest BCUT2D eigenvalue weighted by Gasteiger charge is 2.47. The molecule has 1 aliphatic carbocycles. The molecule has 1 saturated carbocycles.